The van der Waals surface area contributed by atoms with E-state index < -0.39 is 0 Å². The fourth-order valence-corrected chi connectivity index (χ4v) is 1.70. The van der Waals surface area contributed by atoms with E-state index in [2.05, 4.69) is 26.1 Å². The molecule has 18 heavy (non-hydrogen) atoms. The summed E-state index contributed by atoms with van der Waals surface area (Å²) in [6.07, 6.45) is 7.98. The molecule has 0 saturated carbocycles. The number of unbranched alkanes of at least 4 members (excludes halogenated alkanes) is 4. The van der Waals surface area contributed by atoms with Crippen LogP contribution in [0.1, 0.15) is 59.3 Å². The first-order chi connectivity index (χ1) is 8.77. The summed E-state index contributed by atoms with van der Waals surface area (Å²) in [5.74, 6) is 0. The number of hydrogen-bond acceptors (Lipinski definition) is 3. The summed E-state index contributed by atoms with van der Waals surface area (Å²) in [6, 6.07) is 0. The molecule has 0 radical (unpaired) electrons. The second-order valence-electron chi connectivity index (χ2n) is 5.05. The Hall–Kier alpha value is -0.120. The molecule has 110 valence electrons. The Morgan fingerprint density at radius 1 is 0.833 bits per heavy atom. The third-order valence-electron chi connectivity index (χ3n) is 2.76. The average Bonchev–Trinajstić information content (AvgIpc) is 2.34. The molecule has 0 fully saturated rings. The highest BCUT2D eigenvalue weighted by Crippen LogP contribution is 2.01. The molecule has 0 aromatic rings. The topological polar surface area (TPSA) is 30.5 Å². The maximum absolute atomic E-state index is 5.56. The molecule has 0 aromatic heterocycles. The van der Waals surface area contributed by atoms with E-state index in [4.69, 9.17) is 9.47 Å². The molecule has 0 aliphatic heterocycles. The van der Waals surface area contributed by atoms with Crippen molar-refractivity contribution >= 4 is 0 Å². The van der Waals surface area contributed by atoms with Crippen molar-refractivity contribution in [1.29, 1.82) is 0 Å². The first kappa shape index (κ1) is 17.9. The van der Waals surface area contributed by atoms with Crippen molar-refractivity contribution in [3.8, 4) is 0 Å². The summed E-state index contributed by atoms with van der Waals surface area (Å²) in [5.41, 5.74) is 0. The Bertz CT molecular complexity index is 151. The number of rotatable bonds is 14. The number of ether oxygens (including phenoxy) is 2. The lowest BCUT2D eigenvalue weighted by atomic mass is 10.2. The van der Waals surface area contributed by atoms with Crippen LogP contribution in [0.3, 0.4) is 0 Å². The molecule has 0 unspecified atom stereocenters. The zero-order chi connectivity index (χ0) is 13.5. The molecular formula is C15H33NO2. The summed E-state index contributed by atoms with van der Waals surface area (Å²) < 4.78 is 11.0. The van der Waals surface area contributed by atoms with Crippen LogP contribution in [-0.2, 0) is 9.47 Å². The van der Waals surface area contributed by atoms with E-state index in [9.17, 15) is 0 Å². The standard InChI is InChI=1S/C15H33NO2/c1-4-5-6-7-8-12-17-14-11-16-10-9-13-18-15(2)3/h15-16H,4-14H2,1-3H3. The van der Waals surface area contributed by atoms with Gasteiger partial charge in [0.2, 0.25) is 0 Å². The first-order valence-electron chi connectivity index (χ1n) is 7.67. The summed E-state index contributed by atoms with van der Waals surface area (Å²) in [6.45, 7) is 11.0. The molecule has 0 heterocycles. The van der Waals surface area contributed by atoms with Gasteiger partial charge in [-0.3, -0.25) is 0 Å². The third kappa shape index (κ3) is 15.9. The van der Waals surface area contributed by atoms with Gasteiger partial charge in [0.1, 0.15) is 0 Å². The first-order valence-corrected chi connectivity index (χ1v) is 7.67. The SMILES string of the molecule is CCCCCCCOCCNCCCOC(C)C. The van der Waals surface area contributed by atoms with Crippen molar-refractivity contribution in [2.24, 2.45) is 0 Å². The van der Waals surface area contributed by atoms with Crippen LogP contribution in [0.25, 0.3) is 0 Å². The highest BCUT2D eigenvalue weighted by Gasteiger charge is 1.93. The Morgan fingerprint density at radius 3 is 2.33 bits per heavy atom. The van der Waals surface area contributed by atoms with Crippen LogP contribution in [0.2, 0.25) is 0 Å². The van der Waals surface area contributed by atoms with E-state index >= 15 is 0 Å². The molecule has 0 spiro atoms. The van der Waals surface area contributed by atoms with Gasteiger partial charge in [0.15, 0.2) is 0 Å². The largest absolute Gasteiger partial charge is 0.380 e. The summed E-state index contributed by atoms with van der Waals surface area (Å²) >= 11 is 0. The second kappa shape index (κ2) is 14.9. The van der Waals surface area contributed by atoms with E-state index in [0.29, 0.717) is 6.10 Å². The fourth-order valence-electron chi connectivity index (χ4n) is 1.70. The Morgan fingerprint density at radius 2 is 1.61 bits per heavy atom. The van der Waals surface area contributed by atoms with Gasteiger partial charge in [0.25, 0.3) is 0 Å². The molecule has 0 rings (SSSR count). The summed E-state index contributed by atoms with van der Waals surface area (Å²) in [5, 5.41) is 3.37. The van der Waals surface area contributed by atoms with Crippen molar-refractivity contribution in [1.82, 2.24) is 5.32 Å². The van der Waals surface area contributed by atoms with Crippen LogP contribution < -0.4 is 5.32 Å². The van der Waals surface area contributed by atoms with Gasteiger partial charge < -0.3 is 14.8 Å². The molecule has 1 N–H and O–H groups in total. The monoisotopic (exact) mass is 259 g/mol. The third-order valence-corrected chi connectivity index (χ3v) is 2.76. The lowest BCUT2D eigenvalue weighted by Crippen LogP contribution is -2.22. The molecule has 0 aromatic carbocycles. The zero-order valence-corrected chi connectivity index (χ0v) is 12.7. The van der Waals surface area contributed by atoms with Gasteiger partial charge in [-0.1, -0.05) is 32.6 Å². The van der Waals surface area contributed by atoms with Crippen LogP contribution in [0.15, 0.2) is 0 Å². The molecule has 0 amide bonds. The lowest BCUT2D eigenvalue weighted by Gasteiger charge is -2.08. The molecule has 0 saturated heterocycles. The lowest BCUT2D eigenvalue weighted by molar-refractivity contribution is 0.0763. The maximum atomic E-state index is 5.56. The van der Waals surface area contributed by atoms with Crippen molar-refractivity contribution in [2.75, 3.05) is 32.9 Å². The molecule has 0 aliphatic rings. The highest BCUT2D eigenvalue weighted by atomic mass is 16.5. The van der Waals surface area contributed by atoms with Gasteiger partial charge in [0, 0.05) is 19.8 Å². The van der Waals surface area contributed by atoms with Gasteiger partial charge in [-0.25, -0.2) is 0 Å². The van der Waals surface area contributed by atoms with Gasteiger partial charge >= 0.3 is 0 Å². The Labute approximate surface area is 114 Å². The Balaban J connectivity index is 2.90. The summed E-state index contributed by atoms with van der Waals surface area (Å²) in [7, 11) is 0. The Kier molecular flexibility index (Phi) is 14.8. The molecule has 0 aliphatic carbocycles. The zero-order valence-electron chi connectivity index (χ0n) is 12.7. The van der Waals surface area contributed by atoms with E-state index in [1.165, 1.54) is 32.1 Å². The number of nitrogens with one attached hydrogen (secondary N) is 1. The van der Waals surface area contributed by atoms with E-state index in [1.807, 2.05) is 0 Å². The molecule has 0 bridgehead atoms. The molecule has 3 heteroatoms. The summed E-state index contributed by atoms with van der Waals surface area (Å²) in [4.78, 5) is 0. The van der Waals surface area contributed by atoms with Crippen molar-refractivity contribution in [3.63, 3.8) is 0 Å². The fraction of sp³-hybridized carbons (Fsp3) is 1.00. The predicted octanol–water partition coefficient (Wildman–Crippen LogP) is 3.38. The van der Waals surface area contributed by atoms with E-state index in [1.54, 1.807) is 0 Å². The minimum absolute atomic E-state index is 0.348. The van der Waals surface area contributed by atoms with Crippen molar-refractivity contribution in [2.45, 2.75) is 65.4 Å². The van der Waals surface area contributed by atoms with Crippen LogP contribution in [0, 0.1) is 0 Å². The van der Waals surface area contributed by atoms with Gasteiger partial charge in [-0.2, -0.15) is 0 Å². The minimum atomic E-state index is 0.348. The average molecular weight is 259 g/mol. The van der Waals surface area contributed by atoms with Gasteiger partial charge in [0.05, 0.1) is 12.7 Å². The van der Waals surface area contributed by atoms with Crippen LogP contribution in [0.4, 0.5) is 0 Å². The van der Waals surface area contributed by atoms with Gasteiger partial charge in [-0.05, 0) is 33.2 Å². The quantitative estimate of drug-likeness (QED) is 0.485. The maximum Gasteiger partial charge on any atom is 0.0590 e. The predicted molar refractivity (Wildman–Crippen MR) is 78.2 cm³/mol. The van der Waals surface area contributed by atoms with Crippen LogP contribution in [0.5, 0.6) is 0 Å². The van der Waals surface area contributed by atoms with E-state index in [0.717, 1.165) is 39.3 Å². The second-order valence-corrected chi connectivity index (χ2v) is 5.05. The minimum Gasteiger partial charge on any atom is -0.380 e. The van der Waals surface area contributed by atoms with E-state index in [-0.39, 0.29) is 0 Å². The molecular weight excluding hydrogens is 226 g/mol. The van der Waals surface area contributed by atoms with Gasteiger partial charge in [-0.15, -0.1) is 0 Å². The highest BCUT2D eigenvalue weighted by molar-refractivity contribution is 4.48. The van der Waals surface area contributed by atoms with Crippen LogP contribution >= 0.6 is 0 Å². The molecule has 0 atom stereocenters. The number of hydrogen-bond donors (Lipinski definition) is 1. The smallest absolute Gasteiger partial charge is 0.0590 e. The van der Waals surface area contributed by atoms with Crippen LogP contribution in [-0.4, -0.2) is 39.0 Å². The molecule has 3 nitrogen and oxygen atoms in total. The van der Waals surface area contributed by atoms with Crippen molar-refractivity contribution < 1.29 is 9.47 Å². The van der Waals surface area contributed by atoms with Crippen molar-refractivity contribution in [3.05, 3.63) is 0 Å². The normalized spacial score (nSPS) is 11.3.